The molecule has 0 spiro atoms. The van der Waals surface area contributed by atoms with Gasteiger partial charge in [0, 0.05) is 28.3 Å². The van der Waals surface area contributed by atoms with Crippen molar-refractivity contribution in [2.45, 2.75) is 58.5 Å². The number of nitrogens with one attached hydrogen (secondary N) is 5. The maximum atomic E-state index is 12.7. The van der Waals surface area contributed by atoms with Crippen molar-refractivity contribution < 1.29 is 30.0 Å². The number of carbonyl (C=O) groups is 2. The Morgan fingerprint density at radius 1 is 1.10 bits per heavy atom. The number of hydrogen-bond acceptors (Lipinski definition) is 9. The lowest BCUT2D eigenvalue weighted by Gasteiger charge is -2.24. The first-order chi connectivity index (χ1) is 18.8. The van der Waals surface area contributed by atoms with E-state index in [2.05, 4.69) is 47.5 Å². The van der Waals surface area contributed by atoms with E-state index in [4.69, 9.17) is 0 Å². The third-order valence-corrected chi connectivity index (χ3v) is 6.09. The zero-order valence-corrected chi connectivity index (χ0v) is 24.8. The van der Waals surface area contributed by atoms with Gasteiger partial charge in [-0.1, -0.05) is 56.6 Å². The van der Waals surface area contributed by atoms with Crippen molar-refractivity contribution in [1.82, 2.24) is 21.3 Å². The Hall–Kier alpha value is -3.39. The zero-order chi connectivity index (χ0) is 30.0. The van der Waals surface area contributed by atoms with Crippen molar-refractivity contribution in [3.05, 3.63) is 57.6 Å². The summed E-state index contributed by atoms with van der Waals surface area (Å²) in [5.74, 6) is -0.285. The van der Waals surface area contributed by atoms with Crippen LogP contribution in [-0.2, 0) is 10.2 Å². The molecule has 1 aliphatic rings. The minimum Gasteiger partial charge on any atom is -0.508 e. The van der Waals surface area contributed by atoms with Gasteiger partial charge >= 0.3 is 6.09 Å². The lowest BCUT2D eigenvalue weighted by atomic mass is 9.86. The Labute approximate surface area is 242 Å². The summed E-state index contributed by atoms with van der Waals surface area (Å²) < 4.78 is 0.735. The van der Waals surface area contributed by atoms with Crippen LogP contribution < -0.4 is 26.6 Å². The molecule has 0 aromatic heterocycles. The maximum absolute atomic E-state index is 12.7. The lowest BCUT2D eigenvalue weighted by Crippen LogP contribution is -2.44. The summed E-state index contributed by atoms with van der Waals surface area (Å²) in [5, 5.41) is 53.0. The topological polar surface area (TPSA) is 188 Å². The van der Waals surface area contributed by atoms with E-state index >= 15 is 0 Å². The normalized spacial score (nSPS) is 16.3. The highest BCUT2D eigenvalue weighted by atomic mass is 79.9. The summed E-state index contributed by atoms with van der Waals surface area (Å²) in [5.41, 5.74) is 1.98. The van der Waals surface area contributed by atoms with Gasteiger partial charge in [0.1, 0.15) is 18.1 Å². The SMILES string of the molecule is CC.CC(C)(C)c1cc(Br)cc(C(NC(=O)O)NC(=O)CNC(O)c2cc(O)cc(NC3=NCC(O)CN3)c2)c1. The highest BCUT2D eigenvalue weighted by Crippen LogP contribution is 2.29. The Morgan fingerprint density at radius 3 is 2.40 bits per heavy atom. The molecule has 0 fully saturated rings. The molecule has 3 rings (SSSR count). The monoisotopic (exact) mass is 622 g/mol. The van der Waals surface area contributed by atoms with E-state index in [9.17, 15) is 30.0 Å². The molecule has 1 heterocycles. The van der Waals surface area contributed by atoms with Gasteiger partial charge < -0.3 is 36.4 Å². The first kappa shape index (κ1) is 32.8. The number of halogens is 1. The number of rotatable bonds is 8. The number of carbonyl (C=O) groups excluding carboxylic acids is 1. The average Bonchev–Trinajstić information content (AvgIpc) is 2.88. The number of aromatic hydroxyl groups is 1. The predicted molar refractivity (Wildman–Crippen MR) is 157 cm³/mol. The van der Waals surface area contributed by atoms with E-state index in [-0.39, 0.29) is 29.8 Å². The summed E-state index contributed by atoms with van der Waals surface area (Å²) in [7, 11) is 0. The van der Waals surface area contributed by atoms with Crippen LogP contribution in [0, 0.1) is 0 Å². The third kappa shape index (κ3) is 10.3. The number of nitrogens with zero attached hydrogens (tertiary/aromatic N) is 1. The van der Waals surface area contributed by atoms with Gasteiger partial charge in [0.05, 0.1) is 19.2 Å². The van der Waals surface area contributed by atoms with Crippen LogP contribution in [-0.4, -0.2) is 64.1 Å². The van der Waals surface area contributed by atoms with Crippen LogP contribution in [0.25, 0.3) is 0 Å². The van der Waals surface area contributed by atoms with Crippen LogP contribution >= 0.6 is 15.9 Å². The van der Waals surface area contributed by atoms with E-state index < -0.39 is 30.5 Å². The van der Waals surface area contributed by atoms with Gasteiger partial charge in [-0.2, -0.15) is 0 Å². The number of benzene rings is 2. The molecule has 0 saturated carbocycles. The number of anilines is 1. The molecule has 2 aromatic rings. The summed E-state index contributed by atoms with van der Waals surface area (Å²) in [6.07, 6.45) is -4.24. The van der Waals surface area contributed by atoms with E-state index in [1.165, 1.54) is 12.1 Å². The molecular formula is C27H39BrN6O6. The van der Waals surface area contributed by atoms with Crippen LogP contribution in [0.3, 0.4) is 0 Å². The first-order valence-corrected chi connectivity index (χ1v) is 13.7. The Balaban J connectivity index is 0.00000274. The molecule has 13 heteroatoms. The largest absolute Gasteiger partial charge is 0.508 e. The molecular weight excluding hydrogens is 584 g/mol. The molecule has 220 valence electrons. The second-order valence-electron chi connectivity index (χ2n) is 9.92. The smallest absolute Gasteiger partial charge is 0.406 e. The number of aliphatic hydroxyl groups excluding tert-OH is 2. The number of hydrogen-bond donors (Lipinski definition) is 9. The van der Waals surface area contributed by atoms with E-state index in [0.717, 1.165) is 10.0 Å². The predicted octanol–water partition coefficient (Wildman–Crippen LogP) is 2.87. The first-order valence-electron chi connectivity index (χ1n) is 12.9. The molecule has 3 unspecified atom stereocenters. The van der Waals surface area contributed by atoms with Gasteiger partial charge in [0.25, 0.3) is 0 Å². The average molecular weight is 624 g/mol. The molecule has 0 radical (unpaired) electrons. The fourth-order valence-electron chi connectivity index (χ4n) is 3.67. The zero-order valence-electron chi connectivity index (χ0n) is 23.2. The minimum atomic E-state index is -1.32. The maximum Gasteiger partial charge on any atom is 0.406 e. The molecule has 0 aliphatic carbocycles. The summed E-state index contributed by atoms with van der Waals surface area (Å²) in [6.45, 7) is 10.3. The molecule has 9 N–H and O–H groups in total. The third-order valence-electron chi connectivity index (χ3n) is 5.63. The summed E-state index contributed by atoms with van der Waals surface area (Å²) in [4.78, 5) is 28.3. The van der Waals surface area contributed by atoms with E-state index in [1.807, 2.05) is 46.8 Å². The number of β-amino-alcohol motifs (C(OH)–C–C–N with tert-alkyl or cyclic N) is 1. The second-order valence-corrected chi connectivity index (χ2v) is 10.8. The number of aliphatic hydroxyl groups is 2. The number of phenolic OH excluding ortho intramolecular Hbond substituents is 1. The Bertz CT molecular complexity index is 1200. The molecule has 0 bridgehead atoms. The van der Waals surface area contributed by atoms with Crippen molar-refractivity contribution in [3.8, 4) is 5.75 Å². The fraction of sp³-hybridized carbons (Fsp3) is 0.444. The van der Waals surface area contributed by atoms with Crippen molar-refractivity contribution in [1.29, 1.82) is 0 Å². The van der Waals surface area contributed by atoms with Gasteiger partial charge in [-0.05, 0) is 40.8 Å². The van der Waals surface area contributed by atoms with Crippen LogP contribution in [0.5, 0.6) is 5.75 Å². The summed E-state index contributed by atoms with van der Waals surface area (Å²) in [6, 6.07) is 9.80. The highest BCUT2D eigenvalue weighted by molar-refractivity contribution is 9.10. The van der Waals surface area contributed by atoms with Crippen LogP contribution in [0.15, 0.2) is 45.9 Å². The van der Waals surface area contributed by atoms with Crippen LogP contribution in [0.1, 0.15) is 63.7 Å². The Kier molecular flexibility index (Phi) is 12.2. The molecule has 40 heavy (non-hydrogen) atoms. The molecule has 3 atom stereocenters. The van der Waals surface area contributed by atoms with Gasteiger partial charge in [-0.25, -0.2) is 4.79 Å². The summed E-state index contributed by atoms with van der Waals surface area (Å²) >= 11 is 3.45. The van der Waals surface area contributed by atoms with Crippen LogP contribution in [0.2, 0.25) is 0 Å². The van der Waals surface area contributed by atoms with Crippen molar-refractivity contribution in [3.63, 3.8) is 0 Å². The fourth-order valence-corrected chi connectivity index (χ4v) is 4.19. The minimum absolute atomic E-state index is 0.123. The van der Waals surface area contributed by atoms with Crippen molar-refractivity contribution in [2.75, 3.05) is 25.0 Å². The van der Waals surface area contributed by atoms with Crippen molar-refractivity contribution >= 4 is 39.6 Å². The second kappa shape index (κ2) is 14.8. The molecule has 2 amide bonds. The van der Waals surface area contributed by atoms with Gasteiger partial charge in [-0.15, -0.1) is 0 Å². The number of carboxylic acid groups (broad SMARTS) is 1. The number of phenols is 1. The molecule has 0 saturated heterocycles. The quantitative estimate of drug-likeness (QED) is 0.199. The van der Waals surface area contributed by atoms with Gasteiger partial charge in [0.2, 0.25) is 5.91 Å². The Morgan fingerprint density at radius 2 is 1.80 bits per heavy atom. The lowest BCUT2D eigenvalue weighted by molar-refractivity contribution is -0.121. The van der Waals surface area contributed by atoms with Crippen LogP contribution in [0.4, 0.5) is 10.5 Å². The van der Waals surface area contributed by atoms with Crippen molar-refractivity contribution in [2.24, 2.45) is 4.99 Å². The molecule has 2 aromatic carbocycles. The van der Waals surface area contributed by atoms with Gasteiger partial charge in [0.15, 0.2) is 5.96 Å². The highest BCUT2D eigenvalue weighted by Gasteiger charge is 2.22. The number of amides is 2. The van der Waals surface area contributed by atoms with E-state index in [1.54, 1.807) is 12.1 Å². The number of aliphatic imine (C=N–C) groups is 1. The molecule has 1 aliphatic heterocycles. The number of guanidine groups is 1. The van der Waals surface area contributed by atoms with Gasteiger partial charge in [-0.3, -0.25) is 20.4 Å². The standard InChI is InChI=1S/C25H33BrN6O6.C2H6/c1-25(2,3)15-4-13(5-16(26)8-15)21(32-24(37)38)31-20(35)12-27-22(36)14-6-17(9-18(33)7-14)30-23-28-10-19(34)11-29-23;1-2/h4-9,19,21-22,27,32-34,36H,10-12H2,1-3H3,(H,31,35)(H,37,38)(H2,28,29,30);1-2H3. The molecule has 12 nitrogen and oxygen atoms in total. The van der Waals surface area contributed by atoms with E-state index in [0.29, 0.717) is 23.8 Å².